The van der Waals surface area contributed by atoms with Gasteiger partial charge in [0.05, 0.1) is 5.25 Å². The second kappa shape index (κ2) is 7.32. The largest absolute Gasteiger partial charge is 0.454 e. The van der Waals surface area contributed by atoms with Crippen molar-refractivity contribution in [2.75, 3.05) is 12.1 Å². The maximum atomic E-state index is 12.4. The highest BCUT2D eigenvalue weighted by atomic mass is 32.2. The summed E-state index contributed by atoms with van der Waals surface area (Å²) in [4.78, 5) is 12.4. The van der Waals surface area contributed by atoms with E-state index in [4.69, 9.17) is 13.9 Å². The lowest BCUT2D eigenvalue weighted by Crippen LogP contribution is -2.22. The van der Waals surface area contributed by atoms with Crippen LogP contribution in [0.3, 0.4) is 0 Å². The summed E-state index contributed by atoms with van der Waals surface area (Å²) in [6.07, 6.45) is 0. The Morgan fingerprint density at radius 3 is 2.70 bits per heavy atom. The number of thioether (sulfide) groups is 1. The predicted octanol–water partition coefficient (Wildman–Crippen LogP) is 3.89. The molecule has 27 heavy (non-hydrogen) atoms. The highest BCUT2D eigenvalue weighted by Gasteiger charge is 2.20. The first kappa shape index (κ1) is 17.4. The summed E-state index contributed by atoms with van der Waals surface area (Å²) < 4.78 is 16.2. The number of ether oxygens (including phenoxy) is 2. The van der Waals surface area contributed by atoms with Crippen LogP contribution in [0.25, 0.3) is 11.5 Å². The Kier molecular flexibility index (Phi) is 4.72. The van der Waals surface area contributed by atoms with Gasteiger partial charge in [0, 0.05) is 17.3 Å². The van der Waals surface area contributed by atoms with Crippen molar-refractivity contribution < 1.29 is 18.7 Å². The van der Waals surface area contributed by atoms with Crippen LogP contribution in [0.5, 0.6) is 11.5 Å². The van der Waals surface area contributed by atoms with Gasteiger partial charge in [-0.1, -0.05) is 29.5 Å². The maximum Gasteiger partial charge on any atom is 0.277 e. The Labute approximate surface area is 160 Å². The number of rotatable bonds is 5. The zero-order valence-corrected chi connectivity index (χ0v) is 15.6. The van der Waals surface area contributed by atoms with Crippen molar-refractivity contribution in [1.82, 2.24) is 10.2 Å². The van der Waals surface area contributed by atoms with E-state index in [9.17, 15) is 4.79 Å². The third-order valence-electron chi connectivity index (χ3n) is 3.99. The van der Waals surface area contributed by atoms with Gasteiger partial charge in [0.25, 0.3) is 5.22 Å². The monoisotopic (exact) mass is 383 g/mol. The molecule has 2 heterocycles. The smallest absolute Gasteiger partial charge is 0.277 e. The van der Waals surface area contributed by atoms with Gasteiger partial charge in [0.15, 0.2) is 11.5 Å². The molecule has 0 fully saturated rings. The molecule has 3 aromatic rings. The number of hydrogen-bond acceptors (Lipinski definition) is 7. The summed E-state index contributed by atoms with van der Waals surface area (Å²) >= 11 is 1.21. The van der Waals surface area contributed by atoms with Gasteiger partial charge in [-0.15, -0.1) is 10.2 Å². The lowest BCUT2D eigenvalue weighted by molar-refractivity contribution is -0.115. The third-order valence-corrected chi connectivity index (χ3v) is 4.93. The van der Waals surface area contributed by atoms with Crippen LogP contribution in [0, 0.1) is 6.92 Å². The molecule has 1 N–H and O–H groups in total. The molecule has 4 rings (SSSR count). The average Bonchev–Trinajstić information content (AvgIpc) is 3.31. The quantitative estimate of drug-likeness (QED) is 0.669. The summed E-state index contributed by atoms with van der Waals surface area (Å²) in [6, 6.07) is 13.1. The second-order valence-electron chi connectivity index (χ2n) is 6.06. The van der Waals surface area contributed by atoms with Gasteiger partial charge in [-0.3, -0.25) is 4.79 Å². The summed E-state index contributed by atoms with van der Waals surface area (Å²) in [5.41, 5.74) is 2.64. The summed E-state index contributed by atoms with van der Waals surface area (Å²) in [5.74, 6) is 1.55. The van der Waals surface area contributed by atoms with Crippen LogP contribution in [0.2, 0.25) is 0 Å². The minimum absolute atomic E-state index is 0.172. The van der Waals surface area contributed by atoms with Crippen molar-refractivity contribution in [3.8, 4) is 23.0 Å². The van der Waals surface area contributed by atoms with E-state index in [1.807, 2.05) is 31.2 Å². The normalized spacial score (nSPS) is 13.4. The van der Waals surface area contributed by atoms with Crippen molar-refractivity contribution in [2.45, 2.75) is 24.3 Å². The molecular weight excluding hydrogens is 366 g/mol. The molecule has 0 spiro atoms. The van der Waals surface area contributed by atoms with Crippen LogP contribution in [0.15, 0.2) is 52.1 Å². The molecule has 0 bridgehead atoms. The van der Waals surface area contributed by atoms with E-state index in [0.29, 0.717) is 28.3 Å². The fourth-order valence-corrected chi connectivity index (χ4v) is 3.18. The molecule has 1 aromatic heterocycles. The van der Waals surface area contributed by atoms with Crippen LogP contribution < -0.4 is 14.8 Å². The number of aryl methyl sites for hydroxylation is 1. The van der Waals surface area contributed by atoms with Crippen LogP contribution in [0.4, 0.5) is 5.69 Å². The number of carbonyl (C=O) groups excluding carboxylic acids is 1. The molecule has 1 aliphatic heterocycles. The molecule has 1 atom stereocenters. The van der Waals surface area contributed by atoms with Crippen LogP contribution >= 0.6 is 11.8 Å². The average molecular weight is 383 g/mol. The molecular formula is C19H17N3O4S. The van der Waals surface area contributed by atoms with Crippen molar-refractivity contribution in [1.29, 1.82) is 0 Å². The number of benzene rings is 2. The highest BCUT2D eigenvalue weighted by Crippen LogP contribution is 2.34. The van der Waals surface area contributed by atoms with E-state index >= 15 is 0 Å². The summed E-state index contributed by atoms with van der Waals surface area (Å²) in [6.45, 7) is 3.99. The van der Waals surface area contributed by atoms with Gasteiger partial charge < -0.3 is 19.2 Å². The highest BCUT2D eigenvalue weighted by molar-refractivity contribution is 8.00. The number of carbonyl (C=O) groups is 1. The maximum absolute atomic E-state index is 12.4. The Hall–Kier alpha value is -3.00. The molecule has 0 radical (unpaired) electrons. The molecule has 2 aromatic carbocycles. The van der Waals surface area contributed by atoms with Gasteiger partial charge in [-0.2, -0.15) is 0 Å². The number of hydrogen-bond donors (Lipinski definition) is 1. The third kappa shape index (κ3) is 3.90. The van der Waals surface area contributed by atoms with E-state index < -0.39 is 5.25 Å². The van der Waals surface area contributed by atoms with Crippen molar-refractivity contribution >= 4 is 23.4 Å². The molecule has 0 aliphatic carbocycles. The number of nitrogens with zero attached hydrogens (tertiary/aromatic N) is 2. The van der Waals surface area contributed by atoms with Gasteiger partial charge in [-0.05, 0) is 38.1 Å². The zero-order valence-electron chi connectivity index (χ0n) is 14.8. The van der Waals surface area contributed by atoms with Gasteiger partial charge in [0.1, 0.15) is 0 Å². The fraction of sp³-hybridized carbons (Fsp3) is 0.211. The fourth-order valence-electron chi connectivity index (χ4n) is 2.49. The molecule has 0 saturated heterocycles. The van der Waals surface area contributed by atoms with Crippen LogP contribution in [0.1, 0.15) is 12.5 Å². The molecule has 1 amide bonds. The van der Waals surface area contributed by atoms with E-state index in [1.54, 1.807) is 25.1 Å². The Balaban J connectivity index is 1.39. The summed E-state index contributed by atoms with van der Waals surface area (Å²) in [7, 11) is 0. The van der Waals surface area contributed by atoms with Crippen LogP contribution in [-0.4, -0.2) is 28.1 Å². The Bertz CT molecular complexity index is 971. The van der Waals surface area contributed by atoms with E-state index in [-0.39, 0.29) is 12.7 Å². The summed E-state index contributed by atoms with van der Waals surface area (Å²) in [5, 5.41) is 10.9. The number of fused-ring (bicyclic) bond motifs is 1. The lowest BCUT2D eigenvalue weighted by atomic mass is 10.1. The predicted molar refractivity (Wildman–Crippen MR) is 101 cm³/mol. The first-order valence-corrected chi connectivity index (χ1v) is 9.24. The minimum atomic E-state index is -0.415. The number of anilines is 1. The van der Waals surface area contributed by atoms with Crippen LogP contribution in [-0.2, 0) is 4.79 Å². The molecule has 138 valence electrons. The molecule has 1 aliphatic rings. The number of nitrogens with one attached hydrogen (secondary N) is 1. The molecule has 0 saturated carbocycles. The molecule has 7 nitrogen and oxygen atoms in total. The minimum Gasteiger partial charge on any atom is -0.454 e. The second-order valence-corrected chi connectivity index (χ2v) is 7.35. The first-order chi connectivity index (χ1) is 13.1. The number of amides is 1. The lowest BCUT2D eigenvalue weighted by Gasteiger charge is -2.10. The van der Waals surface area contributed by atoms with Gasteiger partial charge >= 0.3 is 0 Å². The number of aromatic nitrogens is 2. The first-order valence-electron chi connectivity index (χ1n) is 8.36. The topological polar surface area (TPSA) is 86.5 Å². The van der Waals surface area contributed by atoms with Crippen molar-refractivity contribution in [3.05, 3.63) is 48.0 Å². The SMILES string of the molecule is Cc1ccc(-c2nnc(S[C@@H](C)C(=O)Nc3ccc4c(c3)OCO4)o2)cc1. The van der Waals surface area contributed by atoms with Crippen molar-refractivity contribution in [3.63, 3.8) is 0 Å². The van der Waals surface area contributed by atoms with E-state index in [2.05, 4.69) is 15.5 Å². The zero-order chi connectivity index (χ0) is 18.8. The Morgan fingerprint density at radius 2 is 1.89 bits per heavy atom. The Morgan fingerprint density at radius 1 is 1.11 bits per heavy atom. The molecule has 0 unspecified atom stereocenters. The standard InChI is InChI=1S/C19H17N3O4S/c1-11-3-5-13(6-4-11)18-21-22-19(26-18)27-12(2)17(23)20-14-7-8-15-16(9-14)25-10-24-15/h3-9,12H,10H2,1-2H3,(H,20,23)/t12-/m0/s1. The van der Waals surface area contributed by atoms with E-state index in [1.165, 1.54) is 11.8 Å². The van der Waals surface area contributed by atoms with Gasteiger partial charge in [0.2, 0.25) is 18.6 Å². The van der Waals surface area contributed by atoms with Crippen molar-refractivity contribution in [2.24, 2.45) is 0 Å². The molecule has 8 heteroatoms. The van der Waals surface area contributed by atoms with Gasteiger partial charge in [-0.25, -0.2) is 0 Å². The van der Waals surface area contributed by atoms with E-state index in [0.717, 1.165) is 11.1 Å².